The third-order valence-electron chi connectivity index (χ3n) is 3.34. The van der Waals surface area contributed by atoms with E-state index in [1.54, 1.807) is 7.11 Å². The van der Waals surface area contributed by atoms with E-state index < -0.39 is 0 Å². The Labute approximate surface area is 118 Å². The SMILES string of the molecule is CCNCCCCCCN(C)c1cccc(OC)c1. The standard InChI is InChI=1S/C16H28N2O/c1-4-17-12-7-5-6-8-13-18(2)15-10-9-11-16(14-15)19-3/h9-11,14,17H,4-8,12-13H2,1-3H3. The Morgan fingerprint density at radius 1 is 1.16 bits per heavy atom. The van der Waals surface area contributed by atoms with Gasteiger partial charge in [-0.05, 0) is 38.1 Å². The van der Waals surface area contributed by atoms with Gasteiger partial charge in [0, 0.05) is 25.3 Å². The van der Waals surface area contributed by atoms with Crippen molar-refractivity contribution in [2.75, 3.05) is 38.7 Å². The first kappa shape index (κ1) is 15.8. The average Bonchev–Trinajstić information content (AvgIpc) is 2.46. The Kier molecular flexibility index (Phi) is 8.07. The normalized spacial score (nSPS) is 10.5. The highest BCUT2D eigenvalue weighted by molar-refractivity contribution is 5.49. The van der Waals surface area contributed by atoms with Gasteiger partial charge in [-0.25, -0.2) is 0 Å². The first-order chi connectivity index (χ1) is 9.27. The number of anilines is 1. The molecule has 0 aliphatic carbocycles. The molecule has 0 saturated heterocycles. The smallest absolute Gasteiger partial charge is 0.120 e. The molecule has 1 N–H and O–H groups in total. The molecule has 0 atom stereocenters. The predicted molar refractivity (Wildman–Crippen MR) is 83.3 cm³/mol. The fourth-order valence-electron chi connectivity index (χ4n) is 2.11. The minimum Gasteiger partial charge on any atom is -0.497 e. The summed E-state index contributed by atoms with van der Waals surface area (Å²) in [6.45, 7) is 5.50. The second kappa shape index (κ2) is 9.68. The van der Waals surface area contributed by atoms with Gasteiger partial charge in [-0.3, -0.25) is 0 Å². The Balaban J connectivity index is 2.18. The van der Waals surface area contributed by atoms with Gasteiger partial charge in [0.2, 0.25) is 0 Å². The number of ether oxygens (including phenoxy) is 1. The monoisotopic (exact) mass is 264 g/mol. The second-order valence-corrected chi connectivity index (χ2v) is 4.89. The van der Waals surface area contributed by atoms with Crippen LogP contribution in [0.15, 0.2) is 24.3 Å². The molecule has 0 saturated carbocycles. The maximum absolute atomic E-state index is 5.25. The number of benzene rings is 1. The Morgan fingerprint density at radius 3 is 2.68 bits per heavy atom. The molecule has 0 unspecified atom stereocenters. The van der Waals surface area contributed by atoms with E-state index in [0.29, 0.717) is 0 Å². The van der Waals surface area contributed by atoms with E-state index >= 15 is 0 Å². The van der Waals surface area contributed by atoms with Gasteiger partial charge < -0.3 is 15.0 Å². The summed E-state index contributed by atoms with van der Waals surface area (Å²) >= 11 is 0. The third-order valence-corrected chi connectivity index (χ3v) is 3.34. The molecule has 1 aromatic carbocycles. The molecular weight excluding hydrogens is 236 g/mol. The minimum absolute atomic E-state index is 0.926. The van der Waals surface area contributed by atoms with Crippen LogP contribution in [0, 0.1) is 0 Å². The summed E-state index contributed by atoms with van der Waals surface area (Å²) in [5.74, 6) is 0.926. The number of hydrogen-bond acceptors (Lipinski definition) is 3. The quantitative estimate of drug-likeness (QED) is 0.656. The second-order valence-electron chi connectivity index (χ2n) is 4.89. The van der Waals surface area contributed by atoms with Gasteiger partial charge in [-0.15, -0.1) is 0 Å². The molecule has 108 valence electrons. The molecule has 0 fully saturated rings. The molecule has 19 heavy (non-hydrogen) atoms. The summed E-state index contributed by atoms with van der Waals surface area (Å²) in [7, 11) is 3.86. The summed E-state index contributed by atoms with van der Waals surface area (Å²) in [5.41, 5.74) is 1.23. The molecule has 0 aromatic heterocycles. The van der Waals surface area contributed by atoms with Crippen LogP contribution in [-0.2, 0) is 0 Å². The van der Waals surface area contributed by atoms with Crippen molar-refractivity contribution in [3.63, 3.8) is 0 Å². The topological polar surface area (TPSA) is 24.5 Å². The lowest BCUT2D eigenvalue weighted by Gasteiger charge is -2.19. The van der Waals surface area contributed by atoms with Crippen LogP contribution in [0.2, 0.25) is 0 Å². The van der Waals surface area contributed by atoms with E-state index in [-0.39, 0.29) is 0 Å². The minimum atomic E-state index is 0.926. The van der Waals surface area contributed by atoms with Gasteiger partial charge >= 0.3 is 0 Å². The molecule has 0 heterocycles. The highest BCUT2D eigenvalue weighted by atomic mass is 16.5. The molecule has 1 rings (SSSR count). The van der Waals surface area contributed by atoms with Crippen molar-refractivity contribution < 1.29 is 4.74 Å². The average molecular weight is 264 g/mol. The first-order valence-electron chi connectivity index (χ1n) is 7.34. The number of methoxy groups -OCH3 is 1. The van der Waals surface area contributed by atoms with Crippen LogP contribution < -0.4 is 15.0 Å². The third kappa shape index (κ3) is 6.48. The van der Waals surface area contributed by atoms with E-state index in [9.17, 15) is 0 Å². The maximum atomic E-state index is 5.25. The van der Waals surface area contributed by atoms with E-state index in [0.717, 1.165) is 25.4 Å². The van der Waals surface area contributed by atoms with Crippen molar-refractivity contribution in [1.82, 2.24) is 5.32 Å². The number of nitrogens with zero attached hydrogens (tertiary/aromatic N) is 1. The summed E-state index contributed by atoms with van der Waals surface area (Å²) < 4.78 is 5.25. The van der Waals surface area contributed by atoms with Crippen LogP contribution in [-0.4, -0.2) is 33.8 Å². The maximum Gasteiger partial charge on any atom is 0.120 e. The van der Waals surface area contributed by atoms with Gasteiger partial charge in [-0.1, -0.05) is 25.8 Å². The number of rotatable bonds is 10. The van der Waals surface area contributed by atoms with Gasteiger partial charge in [0.1, 0.15) is 5.75 Å². The molecule has 0 aliphatic heterocycles. The zero-order chi connectivity index (χ0) is 13.9. The van der Waals surface area contributed by atoms with Crippen molar-refractivity contribution >= 4 is 5.69 Å². The van der Waals surface area contributed by atoms with Gasteiger partial charge in [-0.2, -0.15) is 0 Å². The van der Waals surface area contributed by atoms with Crippen molar-refractivity contribution in [1.29, 1.82) is 0 Å². The Morgan fingerprint density at radius 2 is 1.95 bits per heavy atom. The predicted octanol–water partition coefficient (Wildman–Crippen LogP) is 3.30. The Bertz CT molecular complexity index is 341. The van der Waals surface area contributed by atoms with Gasteiger partial charge in [0.05, 0.1) is 7.11 Å². The Hall–Kier alpha value is -1.22. The van der Waals surface area contributed by atoms with E-state index in [1.165, 1.54) is 31.4 Å². The lowest BCUT2D eigenvalue weighted by atomic mass is 10.2. The van der Waals surface area contributed by atoms with Crippen LogP contribution in [0.4, 0.5) is 5.69 Å². The first-order valence-corrected chi connectivity index (χ1v) is 7.34. The largest absolute Gasteiger partial charge is 0.497 e. The van der Waals surface area contributed by atoms with Crippen LogP contribution in [0.5, 0.6) is 5.75 Å². The van der Waals surface area contributed by atoms with Crippen molar-refractivity contribution in [2.45, 2.75) is 32.6 Å². The highest BCUT2D eigenvalue weighted by Gasteiger charge is 2.01. The lowest BCUT2D eigenvalue weighted by molar-refractivity contribution is 0.415. The van der Waals surface area contributed by atoms with Crippen molar-refractivity contribution in [3.05, 3.63) is 24.3 Å². The van der Waals surface area contributed by atoms with E-state index in [2.05, 4.69) is 36.3 Å². The molecule has 3 nitrogen and oxygen atoms in total. The fraction of sp³-hybridized carbons (Fsp3) is 0.625. The van der Waals surface area contributed by atoms with Crippen LogP contribution in [0.3, 0.4) is 0 Å². The number of nitrogens with one attached hydrogen (secondary N) is 1. The van der Waals surface area contributed by atoms with E-state index in [4.69, 9.17) is 4.74 Å². The molecule has 1 aromatic rings. The summed E-state index contributed by atoms with van der Waals surface area (Å²) in [6.07, 6.45) is 5.16. The fourth-order valence-corrected chi connectivity index (χ4v) is 2.11. The molecule has 0 bridgehead atoms. The summed E-state index contributed by atoms with van der Waals surface area (Å²) in [4.78, 5) is 2.30. The van der Waals surface area contributed by atoms with Gasteiger partial charge in [0.15, 0.2) is 0 Å². The zero-order valence-electron chi connectivity index (χ0n) is 12.6. The van der Waals surface area contributed by atoms with Crippen LogP contribution in [0.1, 0.15) is 32.6 Å². The lowest BCUT2D eigenvalue weighted by Crippen LogP contribution is -2.18. The van der Waals surface area contributed by atoms with Crippen LogP contribution in [0.25, 0.3) is 0 Å². The summed E-state index contributed by atoms with van der Waals surface area (Å²) in [6, 6.07) is 8.25. The van der Waals surface area contributed by atoms with E-state index in [1.807, 2.05) is 12.1 Å². The van der Waals surface area contributed by atoms with Crippen LogP contribution >= 0.6 is 0 Å². The molecule has 0 radical (unpaired) electrons. The summed E-state index contributed by atoms with van der Waals surface area (Å²) in [5, 5.41) is 3.36. The molecule has 0 amide bonds. The van der Waals surface area contributed by atoms with Gasteiger partial charge in [0.25, 0.3) is 0 Å². The van der Waals surface area contributed by atoms with Crippen molar-refractivity contribution in [2.24, 2.45) is 0 Å². The number of hydrogen-bond donors (Lipinski definition) is 1. The molecular formula is C16H28N2O. The molecule has 0 spiro atoms. The van der Waals surface area contributed by atoms with Crippen molar-refractivity contribution in [3.8, 4) is 5.75 Å². The molecule has 3 heteroatoms. The molecule has 0 aliphatic rings. The highest BCUT2D eigenvalue weighted by Crippen LogP contribution is 2.20. The number of unbranched alkanes of at least 4 members (excludes halogenated alkanes) is 3. The zero-order valence-corrected chi connectivity index (χ0v) is 12.6.